The topological polar surface area (TPSA) is 47.6 Å². The molecule has 4 nitrogen and oxygen atoms in total. The van der Waals surface area contributed by atoms with Crippen LogP contribution in [-0.2, 0) is 14.3 Å². The van der Waals surface area contributed by atoms with Crippen molar-refractivity contribution in [2.75, 3.05) is 5.32 Å². The molecule has 142 valence electrons. The van der Waals surface area contributed by atoms with E-state index in [0.717, 1.165) is 0 Å². The van der Waals surface area contributed by atoms with Crippen molar-refractivity contribution in [3.8, 4) is 0 Å². The van der Waals surface area contributed by atoms with Crippen LogP contribution >= 0.6 is 0 Å². The fourth-order valence-corrected chi connectivity index (χ4v) is 1.21. The van der Waals surface area contributed by atoms with E-state index in [-0.39, 0.29) is 0 Å². The molecule has 0 radical (unpaired) electrons. The number of alkyl halides is 9. The van der Waals surface area contributed by atoms with Gasteiger partial charge in [0.05, 0.1) is 0 Å². The standard InChI is InChI=1S/C11H5F10NO3/c12-5-1-3-6(4-2-5)22-7(23)8(13,14)24-9(15,16)10(17,18)25-11(19,20)21/h1-4H,(H,22,23). The molecule has 0 spiro atoms. The summed E-state index contributed by atoms with van der Waals surface area (Å²) >= 11 is 0. The smallest absolute Gasteiger partial charge is 0.319 e. The van der Waals surface area contributed by atoms with Gasteiger partial charge in [-0.05, 0) is 24.3 Å². The Morgan fingerprint density at radius 2 is 1.24 bits per heavy atom. The molecule has 0 aliphatic carbocycles. The molecule has 1 aromatic rings. The zero-order valence-electron chi connectivity index (χ0n) is 11.3. The third-order valence-electron chi connectivity index (χ3n) is 2.21. The average molecular weight is 389 g/mol. The number of hydrogen-bond acceptors (Lipinski definition) is 3. The monoisotopic (exact) mass is 389 g/mol. The largest absolute Gasteiger partial charge is 0.527 e. The molecule has 0 saturated heterocycles. The van der Waals surface area contributed by atoms with Crippen LogP contribution in [0.3, 0.4) is 0 Å². The molecule has 0 aliphatic heterocycles. The maximum atomic E-state index is 13.2. The summed E-state index contributed by atoms with van der Waals surface area (Å²) in [6.45, 7) is 0. The van der Waals surface area contributed by atoms with Crippen LogP contribution in [0, 0.1) is 5.82 Å². The maximum Gasteiger partial charge on any atom is 0.527 e. The fraction of sp³-hybridized carbons (Fsp3) is 0.364. The second-order valence-corrected chi connectivity index (χ2v) is 4.16. The molecule has 0 unspecified atom stereocenters. The van der Waals surface area contributed by atoms with Gasteiger partial charge >= 0.3 is 30.6 Å². The van der Waals surface area contributed by atoms with Crippen molar-refractivity contribution in [1.29, 1.82) is 0 Å². The van der Waals surface area contributed by atoms with Crippen molar-refractivity contribution in [3.63, 3.8) is 0 Å². The Kier molecular flexibility index (Phi) is 5.59. The molecule has 0 aromatic heterocycles. The molecule has 1 aromatic carbocycles. The van der Waals surface area contributed by atoms with Gasteiger partial charge in [-0.3, -0.25) is 4.79 Å². The average Bonchev–Trinajstić information content (AvgIpc) is 2.37. The van der Waals surface area contributed by atoms with Gasteiger partial charge in [0, 0.05) is 5.69 Å². The third-order valence-corrected chi connectivity index (χ3v) is 2.21. The number of carbonyl (C=O) groups excluding carboxylic acids is 1. The number of nitrogens with one attached hydrogen (secondary N) is 1. The molecule has 1 rings (SSSR count). The molecule has 1 amide bonds. The number of anilines is 1. The molecule has 0 heterocycles. The van der Waals surface area contributed by atoms with E-state index in [0.29, 0.717) is 24.3 Å². The van der Waals surface area contributed by atoms with E-state index in [1.807, 2.05) is 0 Å². The van der Waals surface area contributed by atoms with Gasteiger partial charge in [-0.1, -0.05) is 0 Å². The van der Waals surface area contributed by atoms with E-state index in [4.69, 9.17) is 0 Å². The summed E-state index contributed by atoms with van der Waals surface area (Å²) in [5.74, 6) is -3.60. The summed E-state index contributed by atoms with van der Waals surface area (Å²) in [7, 11) is 0. The zero-order valence-corrected chi connectivity index (χ0v) is 11.3. The van der Waals surface area contributed by atoms with Crippen LogP contribution < -0.4 is 5.32 Å². The molecule has 1 N–H and O–H groups in total. The third kappa shape index (κ3) is 5.74. The van der Waals surface area contributed by atoms with Crippen LogP contribution in [0.4, 0.5) is 49.6 Å². The fourth-order valence-electron chi connectivity index (χ4n) is 1.21. The Labute approximate surface area is 131 Å². The Hall–Kier alpha value is -2.09. The van der Waals surface area contributed by atoms with E-state index >= 15 is 0 Å². The van der Waals surface area contributed by atoms with Crippen LogP contribution in [0.1, 0.15) is 0 Å². The molecular weight excluding hydrogens is 384 g/mol. The molecule has 0 atom stereocenters. The lowest BCUT2D eigenvalue weighted by Crippen LogP contribution is -2.53. The van der Waals surface area contributed by atoms with Gasteiger partial charge in [0.15, 0.2) is 0 Å². The van der Waals surface area contributed by atoms with Gasteiger partial charge in [0.25, 0.3) is 0 Å². The van der Waals surface area contributed by atoms with Crippen LogP contribution in [0.5, 0.6) is 0 Å². The number of carbonyl (C=O) groups is 1. The lowest BCUT2D eigenvalue weighted by Gasteiger charge is -2.28. The summed E-state index contributed by atoms with van der Waals surface area (Å²) in [6.07, 6.45) is -25.1. The number of hydrogen-bond donors (Lipinski definition) is 1. The highest BCUT2D eigenvalue weighted by molar-refractivity contribution is 5.95. The van der Waals surface area contributed by atoms with Crippen molar-refractivity contribution in [1.82, 2.24) is 0 Å². The summed E-state index contributed by atoms with van der Waals surface area (Å²) in [4.78, 5) is 11.1. The van der Waals surface area contributed by atoms with Gasteiger partial charge in [-0.2, -0.15) is 26.3 Å². The number of ether oxygens (including phenoxy) is 2. The van der Waals surface area contributed by atoms with Gasteiger partial charge in [-0.15, -0.1) is 13.2 Å². The van der Waals surface area contributed by atoms with Crippen LogP contribution in [0.2, 0.25) is 0 Å². The minimum absolute atomic E-state index is 0.573. The second-order valence-electron chi connectivity index (χ2n) is 4.16. The normalized spacial score (nSPS) is 13.7. The zero-order chi connectivity index (χ0) is 19.7. The SMILES string of the molecule is O=C(Nc1ccc(F)cc1)C(F)(F)OC(F)(F)C(F)(F)OC(F)(F)F. The number of amides is 1. The van der Waals surface area contributed by atoms with Crippen LogP contribution in [0.25, 0.3) is 0 Å². The molecule has 14 heteroatoms. The van der Waals surface area contributed by atoms with Crippen molar-refractivity contribution >= 4 is 11.6 Å². The van der Waals surface area contributed by atoms with Gasteiger partial charge < -0.3 is 5.32 Å². The van der Waals surface area contributed by atoms with Crippen molar-refractivity contribution in [3.05, 3.63) is 30.1 Å². The lowest BCUT2D eigenvalue weighted by molar-refractivity contribution is -0.523. The van der Waals surface area contributed by atoms with Crippen molar-refractivity contribution in [2.24, 2.45) is 0 Å². The highest BCUT2D eigenvalue weighted by Crippen LogP contribution is 2.43. The maximum absolute atomic E-state index is 13.2. The molecule has 0 saturated carbocycles. The first-order valence-corrected chi connectivity index (χ1v) is 5.73. The quantitative estimate of drug-likeness (QED) is 0.746. The Morgan fingerprint density at radius 3 is 1.68 bits per heavy atom. The molecule has 0 bridgehead atoms. The van der Waals surface area contributed by atoms with E-state index in [2.05, 4.69) is 4.74 Å². The summed E-state index contributed by atoms with van der Waals surface area (Å²) in [5.41, 5.74) is -0.573. The molecule has 0 fully saturated rings. The number of halogens is 10. The minimum atomic E-state index is -6.56. The van der Waals surface area contributed by atoms with Crippen LogP contribution in [-0.4, -0.2) is 30.6 Å². The highest BCUT2D eigenvalue weighted by atomic mass is 19.4. The molecular formula is C11H5F10NO3. The molecule has 25 heavy (non-hydrogen) atoms. The predicted octanol–water partition coefficient (Wildman–Crippen LogP) is 4.10. The predicted molar refractivity (Wildman–Crippen MR) is 58.1 cm³/mol. The van der Waals surface area contributed by atoms with E-state index in [9.17, 15) is 48.7 Å². The van der Waals surface area contributed by atoms with Gasteiger partial charge in [0.1, 0.15) is 5.82 Å². The summed E-state index contributed by atoms with van der Waals surface area (Å²) in [6, 6.07) is 2.72. The van der Waals surface area contributed by atoms with Crippen molar-refractivity contribution in [2.45, 2.75) is 24.7 Å². The second kappa shape index (κ2) is 6.67. The highest BCUT2D eigenvalue weighted by Gasteiger charge is 2.69. The Morgan fingerprint density at radius 1 is 0.800 bits per heavy atom. The number of rotatable bonds is 6. The summed E-state index contributed by atoms with van der Waals surface area (Å²) in [5, 5.41) is 1.21. The van der Waals surface area contributed by atoms with Crippen LogP contribution in [0.15, 0.2) is 24.3 Å². The summed E-state index contributed by atoms with van der Waals surface area (Å²) < 4.78 is 129. The van der Waals surface area contributed by atoms with E-state index < -0.39 is 42.1 Å². The minimum Gasteiger partial charge on any atom is -0.319 e. The molecule has 0 aliphatic rings. The van der Waals surface area contributed by atoms with Crippen molar-refractivity contribution < 1.29 is 58.2 Å². The Bertz CT molecular complexity index is 614. The first kappa shape index (κ1) is 21.0. The van der Waals surface area contributed by atoms with E-state index in [1.165, 1.54) is 5.32 Å². The number of benzene rings is 1. The van der Waals surface area contributed by atoms with Gasteiger partial charge in [0.2, 0.25) is 0 Å². The van der Waals surface area contributed by atoms with E-state index in [1.54, 1.807) is 4.74 Å². The first-order chi connectivity index (χ1) is 11.1. The Balaban J connectivity index is 2.89. The lowest BCUT2D eigenvalue weighted by atomic mass is 10.3. The first-order valence-electron chi connectivity index (χ1n) is 5.73. The van der Waals surface area contributed by atoms with Gasteiger partial charge in [-0.25, -0.2) is 13.9 Å².